The molecule has 3 nitrogen and oxygen atoms in total. The molecule has 3 aromatic rings. The maximum atomic E-state index is 4.13. The molecule has 0 aliphatic carbocycles. The highest BCUT2D eigenvalue weighted by Gasteiger charge is 2.13. The highest BCUT2D eigenvalue weighted by atomic mass is 15.1. The second kappa shape index (κ2) is 6.77. The molecule has 1 N–H and O–H groups in total. The van der Waals surface area contributed by atoms with E-state index in [1.54, 1.807) is 6.20 Å². The monoisotopic (exact) mass is 275 g/mol. The molecule has 2 aromatic carbocycles. The van der Waals surface area contributed by atoms with Crippen LogP contribution in [0.3, 0.4) is 0 Å². The van der Waals surface area contributed by atoms with Gasteiger partial charge in [-0.15, -0.1) is 0 Å². The molecule has 3 heteroatoms. The second-order valence-electron chi connectivity index (χ2n) is 4.85. The standard InChI is InChI=1S/C18H17N3/c1-3-8-15(9-4-1)18(16-10-5-2-6-11-16)19-14-17-12-7-13-20-21-17/h1-13,18-19H,14H2. The van der Waals surface area contributed by atoms with Crippen molar-refractivity contribution in [3.63, 3.8) is 0 Å². The van der Waals surface area contributed by atoms with Crippen LogP contribution in [0.5, 0.6) is 0 Å². The van der Waals surface area contributed by atoms with Crippen LogP contribution in [0.1, 0.15) is 22.9 Å². The summed E-state index contributed by atoms with van der Waals surface area (Å²) in [7, 11) is 0. The number of rotatable bonds is 5. The van der Waals surface area contributed by atoms with Gasteiger partial charge in [0.05, 0.1) is 11.7 Å². The lowest BCUT2D eigenvalue weighted by Crippen LogP contribution is -2.22. The molecule has 0 saturated carbocycles. The summed E-state index contributed by atoms with van der Waals surface area (Å²) in [6.07, 6.45) is 1.69. The number of benzene rings is 2. The third-order valence-electron chi connectivity index (χ3n) is 3.38. The van der Waals surface area contributed by atoms with E-state index in [1.165, 1.54) is 11.1 Å². The number of hydrogen-bond donors (Lipinski definition) is 1. The Bertz CT molecular complexity index is 614. The topological polar surface area (TPSA) is 37.8 Å². The summed E-state index contributed by atoms with van der Waals surface area (Å²) in [6, 6.07) is 24.9. The highest BCUT2D eigenvalue weighted by molar-refractivity contribution is 5.31. The zero-order valence-electron chi connectivity index (χ0n) is 11.7. The molecule has 1 heterocycles. The molecule has 0 radical (unpaired) electrons. The lowest BCUT2D eigenvalue weighted by atomic mass is 9.99. The Morgan fingerprint density at radius 2 is 1.38 bits per heavy atom. The van der Waals surface area contributed by atoms with E-state index in [1.807, 2.05) is 24.3 Å². The number of aromatic nitrogens is 2. The van der Waals surface area contributed by atoms with Crippen LogP contribution >= 0.6 is 0 Å². The van der Waals surface area contributed by atoms with Gasteiger partial charge in [-0.25, -0.2) is 0 Å². The first-order chi connectivity index (χ1) is 10.4. The van der Waals surface area contributed by atoms with Gasteiger partial charge < -0.3 is 5.32 Å². The van der Waals surface area contributed by atoms with E-state index in [2.05, 4.69) is 64.0 Å². The molecule has 0 amide bonds. The molecule has 3 rings (SSSR count). The lowest BCUT2D eigenvalue weighted by molar-refractivity contribution is 0.592. The van der Waals surface area contributed by atoms with Crippen LogP contribution < -0.4 is 5.32 Å². The summed E-state index contributed by atoms with van der Waals surface area (Å²) < 4.78 is 0. The van der Waals surface area contributed by atoms with E-state index in [0.717, 1.165) is 5.69 Å². The molecule has 0 atom stereocenters. The molecule has 0 fully saturated rings. The average Bonchev–Trinajstić information content (AvgIpc) is 2.58. The fourth-order valence-corrected chi connectivity index (χ4v) is 2.35. The minimum absolute atomic E-state index is 0.148. The van der Waals surface area contributed by atoms with Crippen molar-refractivity contribution < 1.29 is 0 Å². The smallest absolute Gasteiger partial charge is 0.0769 e. The van der Waals surface area contributed by atoms with Crippen LogP contribution in [0, 0.1) is 0 Å². The van der Waals surface area contributed by atoms with Crippen molar-refractivity contribution in [3.8, 4) is 0 Å². The Hall–Kier alpha value is -2.52. The number of nitrogens with zero attached hydrogens (tertiary/aromatic N) is 2. The Morgan fingerprint density at radius 3 is 1.90 bits per heavy atom. The number of hydrogen-bond acceptors (Lipinski definition) is 3. The van der Waals surface area contributed by atoms with E-state index in [4.69, 9.17) is 0 Å². The van der Waals surface area contributed by atoms with Crippen molar-refractivity contribution in [2.45, 2.75) is 12.6 Å². The summed E-state index contributed by atoms with van der Waals surface area (Å²) in [5.41, 5.74) is 3.43. The molecule has 0 unspecified atom stereocenters. The molecule has 0 aliphatic heterocycles. The molecular formula is C18H17N3. The predicted octanol–water partition coefficient (Wildman–Crippen LogP) is 3.36. The summed E-state index contributed by atoms with van der Waals surface area (Å²) >= 11 is 0. The molecular weight excluding hydrogens is 258 g/mol. The summed E-state index contributed by atoms with van der Waals surface area (Å²) in [4.78, 5) is 0. The third-order valence-corrected chi connectivity index (χ3v) is 3.38. The van der Waals surface area contributed by atoms with Gasteiger partial charge in [-0.05, 0) is 23.3 Å². The Labute approximate surface area is 124 Å². The maximum Gasteiger partial charge on any atom is 0.0769 e. The zero-order chi connectivity index (χ0) is 14.3. The Balaban J connectivity index is 1.83. The van der Waals surface area contributed by atoms with E-state index in [9.17, 15) is 0 Å². The Morgan fingerprint density at radius 1 is 0.762 bits per heavy atom. The van der Waals surface area contributed by atoms with E-state index in [-0.39, 0.29) is 6.04 Å². The van der Waals surface area contributed by atoms with Crippen molar-refractivity contribution in [1.82, 2.24) is 15.5 Å². The van der Waals surface area contributed by atoms with Crippen molar-refractivity contribution in [3.05, 3.63) is 95.8 Å². The summed E-state index contributed by atoms with van der Waals surface area (Å²) in [5.74, 6) is 0. The number of nitrogens with one attached hydrogen (secondary N) is 1. The summed E-state index contributed by atoms with van der Waals surface area (Å²) in [6.45, 7) is 0.683. The fourth-order valence-electron chi connectivity index (χ4n) is 2.35. The van der Waals surface area contributed by atoms with E-state index in [0.29, 0.717) is 6.54 Å². The quantitative estimate of drug-likeness (QED) is 0.776. The van der Waals surface area contributed by atoms with Gasteiger partial charge >= 0.3 is 0 Å². The molecule has 0 saturated heterocycles. The van der Waals surface area contributed by atoms with Crippen LogP contribution in [-0.4, -0.2) is 10.2 Å². The van der Waals surface area contributed by atoms with Gasteiger partial charge in [-0.1, -0.05) is 60.7 Å². The lowest BCUT2D eigenvalue weighted by Gasteiger charge is -2.19. The predicted molar refractivity (Wildman–Crippen MR) is 83.6 cm³/mol. The van der Waals surface area contributed by atoms with Crippen molar-refractivity contribution in [2.24, 2.45) is 0 Å². The van der Waals surface area contributed by atoms with Gasteiger partial charge in [0.15, 0.2) is 0 Å². The maximum absolute atomic E-state index is 4.13. The molecule has 0 bridgehead atoms. The van der Waals surface area contributed by atoms with Crippen molar-refractivity contribution >= 4 is 0 Å². The minimum Gasteiger partial charge on any atom is -0.300 e. The van der Waals surface area contributed by atoms with Crippen LogP contribution in [0.25, 0.3) is 0 Å². The van der Waals surface area contributed by atoms with Gasteiger partial charge in [0.25, 0.3) is 0 Å². The highest BCUT2D eigenvalue weighted by Crippen LogP contribution is 2.21. The van der Waals surface area contributed by atoms with Crippen LogP contribution in [0.15, 0.2) is 79.0 Å². The molecule has 104 valence electrons. The van der Waals surface area contributed by atoms with E-state index < -0.39 is 0 Å². The minimum atomic E-state index is 0.148. The normalized spacial score (nSPS) is 10.7. The molecule has 1 aromatic heterocycles. The Kier molecular flexibility index (Phi) is 4.34. The van der Waals surface area contributed by atoms with Gasteiger partial charge in [0, 0.05) is 12.7 Å². The van der Waals surface area contributed by atoms with Crippen LogP contribution in [0.2, 0.25) is 0 Å². The zero-order valence-corrected chi connectivity index (χ0v) is 11.7. The van der Waals surface area contributed by atoms with E-state index >= 15 is 0 Å². The SMILES string of the molecule is c1ccc(C(NCc2cccnn2)c2ccccc2)cc1. The van der Waals surface area contributed by atoms with Gasteiger partial charge in [-0.3, -0.25) is 0 Å². The van der Waals surface area contributed by atoms with Gasteiger partial charge in [-0.2, -0.15) is 10.2 Å². The van der Waals surface area contributed by atoms with Crippen molar-refractivity contribution in [1.29, 1.82) is 0 Å². The van der Waals surface area contributed by atoms with Gasteiger partial charge in [0.2, 0.25) is 0 Å². The third kappa shape index (κ3) is 3.52. The molecule has 21 heavy (non-hydrogen) atoms. The largest absolute Gasteiger partial charge is 0.300 e. The van der Waals surface area contributed by atoms with Crippen LogP contribution in [-0.2, 0) is 6.54 Å². The van der Waals surface area contributed by atoms with Crippen molar-refractivity contribution in [2.75, 3.05) is 0 Å². The summed E-state index contributed by atoms with van der Waals surface area (Å²) in [5, 5.41) is 11.6. The van der Waals surface area contributed by atoms with Crippen LogP contribution in [0.4, 0.5) is 0 Å². The first kappa shape index (κ1) is 13.5. The fraction of sp³-hybridized carbons (Fsp3) is 0.111. The average molecular weight is 275 g/mol. The second-order valence-corrected chi connectivity index (χ2v) is 4.85. The molecule has 0 spiro atoms. The first-order valence-electron chi connectivity index (χ1n) is 7.03. The molecule has 0 aliphatic rings. The first-order valence-corrected chi connectivity index (χ1v) is 7.03. The van der Waals surface area contributed by atoms with Gasteiger partial charge in [0.1, 0.15) is 0 Å².